The Kier molecular flexibility index (Phi) is 3.60. The highest BCUT2D eigenvalue weighted by molar-refractivity contribution is 6.04. The fourth-order valence-electron chi connectivity index (χ4n) is 2.02. The van der Waals surface area contributed by atoms with Gasteiger partial charge in [-0.15, -0.1) is 0 Å². The number of phenols is 1. The van der Waals surface area contributed by atoms with Gasteiger partial charge in [0.2, 0.25) is 0 Å². The molecule has 0 radical (unpaired) electrons. The molecular weight excluding hydrogens is 240 g/mol. The zero-order valence-electron chi connectivity index (χ0n) is 11.4. The van der Waals surface area contributed by atoms with Gasteiger partial charge in [-0.2, -0.15) is 0 Å². The normalized spacial score (nSPS) is 10.7. The summed E-state index contributed by atoms with van der Waals surface area (Å²) in [6.45, 7) is 4.07. The monoisotopic (exact) mass is 258 g/mol. The second-order valence-corrected chi connectivity index (χ2v) is 4.78. The first-order chi connectivity index (χ1) is 9.00. The van der Waals surface area contributed by atoms with E-state index in [4.69, 9.17) is 0 Å². The molecule has 0 fully saturated rings. The van der Waals surface area contributed by atoms with Crippen LogP contribution in [0.5, 0.6) is 5.75 Å². The van der Waals surface area contributed by atoms with Gasteiger partial charge in [0.25, 0.3) is 5.91 Å². The van der Waals surface area contributed by atoms with Crippen LogP contribution >= 0.6 is 0 Å². The van der Waals surface area contributed by atoms with Gasteiger partial charge in [-0.1, -0.05) is 6.07 Å². The first-order valence-electron chi connectivity index (χ1n) is 6.24. The number of hydrogen-bond acceptors (Lipinski definition) is 2. The average molecular weight is 258 g/mol. The van der Waals surface area contributed by atoms with Crippen LogP contribution in [0.3, 0.4) is 0 Å². The van der Waals surface area contributed by atoms with Gasteiger partial charge in [0.1, 0.15) is 11.4 Å². The van der Waals surface area contributed by atoms with E-state index in [0.717, 1.165) is 0 Å². The zero-order valence-corrected chi connectivity index (χ0v) is 11.4. The number of amides is 1. The predicted molar refractivity (Wildman–Crippen MR) is 75.7 cm³/mol. The lowest BCUT2D eigenvalue weighted by molar-refractivity contribution is 0.0982. The van der Waals surface area contributed by atoms with Gasteiger partial charge in [-0.25, -0.2) is 0 Å². The Bertz CT molecular complexity index is 587. The van der Waals surface area contributed by atoms with E-state index in [1.54, 1.807) is 31.3 Å². The predicted octanol–water partition coefficient (Wildman–Crippen LogP) is 3.05. The molecular formula is C15H18N2O2. The molecule has 1 aromatic heterocycles. The lowest BCUT2D eigenvalue weighted by Gasteiger charge is -2.20. The highest BCUT2D eigenvalue weighted by atomic mass is 16.3. The standard InChI is InChI=1S/C15H18N2O2/c1-11(2)17-9-5-8-14(17)15(19)16(3)12-6-4-7-13(18)10-12/h4-11,18H,1-3H3. The van der Waals surface area contributed by atoms with Crippen LogP contribution in [0.15, 0.2) is 42.6 Å². The number of hydrogen-bond donors (Lipinski definition) is 1. The summed E-state index contributed by atoms with van der Waals surface area (Å²) in [7, 11) is 1.70. The molecule has 19 heavy (non-hydrogen) atoms. The van der Waals surface area contributed by atoms with Crippen molar-refractivity contribution in [3.05, 3.63) is 48.3 Å². The van der Waals surface area contributed by atoms with E-state index in [0.29, 0.717) is 11.4 Å². The van der Waals surface area contributed by atoms with Crippen LogP contribution < -0.4 is 4.90 Å². The summed E-state index contributed by atoms with van der Waals surface area (Å²) >= 11 is 0. The number of rotatable bonds is 3. The maximum Gasteiger partial charge on any atom is 0.274 e. The highest BCUT2D eigenvalue weighted by Crippen LogP contribution is 2.21. The first kappa shape index (κ1) is 13.2. The summed E-state index contributed by atoms with van der Waals surface area (Å²) in [5, 5.41) is 9.47. The Morgan fingerprint density at radius 1 is 1.26 bits per heavy atom. The molecule has 0 bridgehead atoms. The van der Waals surface area contributed by atoms with Gasteiger partial charge in [0.15, 0.2) is 0 Å². The second-order valence-electron chi connectivity index (χ2n) is 4.78. The Morgan fingerprint density at radius 2 is 2.00 bits per heavy atom. The maximum absolute atomic E-state index is 12.5. The summed E-state index contributed by atoms with van der Waals surface area (Å²) < 4.78 is 1.93. The molecule has 0 saturated carbocycles. The van der Waals surface area contributed by atoms with Gasteiger partial charge >= 0.3 is 0 Å². The molecule has 1 aromatic carbocycles. The van der Waals surface area contributed by atoms with Crippen LogP contribution in [0.2, 0.25) is 0 Å². The molecule has 100 valence electrons. The minimum absolute atomic E-state index is 0.0932. The smallest absolute Gasteiger partial charge is 0.274 e. The Hall–Kier alpha value is -2.23. The SMILES string of the molecule is CC(C)n1cccc1C(=O)N(C)c1cccc(O)c1. The molecule has 0 atom stereocenters. The van der Waals surface area contributed by atoms with E-state index in [-0.39, 0.29) is 17.7 Å². The lowest BCUT2D eigenvalue weighted by Crippen LogP contribution is -2.28. The van der Waals surface area contributed by atoms with Crippen LogP contribution in [0.25, 0.3) is 0 Å². The van der Waals surface area contributed by atoms with Crippen molar-refractivity contribution in [2.45, 2.75) is 19.9 Å². The molecule has 0 spiro atoms. The first-order valence-corrected chi connectivity index (χ1v) is 6.24. The molecule has 1 N–H and O–H groups in total. The number of carbonyl (C=O) groups excluding carboxylic acids is 1. The van der Waals surface area contributed by atoms with Crippen LogP contribution in [0.1, 0.15) is 30.4 Å². The number of aromatic hydroxyl groups is 1. The number of phenolic OH excluding ortho intramolecular Hbond substituents is 1. The molecule has 0 aliphatic carbocycles. The minimum atomic E-state index is -0.0932. The lowest BCUT2D eigenvalue weighted by atomic mass is 10.2. The Morgan fingerprint density at radius 3 is 2.63 bits per heavy atom. The van der Waals surface area contributed by atoms with Gasteiger partial charge in [0.05, 0.1) is 0 Å². The minimum Gasteiger partial charge on any atom is -0.508 e. The number of aromatic nitrogens is 1. The van der Waals surface area contributed by atoms with Gasteiger partial charge < -0.3 is 14.6 Å². The van der Waals surface area contributed by atoms with Crippen LogP contribution in [0, 0.1) is 0 Å². The van der Waals surface area contributed by atoms with Crippen LogP contribution in [-0.4, -0.2) is 22.6 Å². The van der Waals surface area contributed by atoms with Crippen LogP contribution in [0.4, 0.5) is 5.69 Å². The summed E-state index contributed by atoms with van der Waals surface area (Å²) in [6, 6.07) is 10.6. The fourth-order valence-corrected chi connectivity index (χ4v) is 2.02. The third-order valence-electron chi connectivity index (χ3n) is 3.08. The summed E-state index contributed by atoms with van der Waals surface area (Å²) in [5.74, 6) is 0.0562. The van der Waals surface area contributed by atoms with E-state index in [9.17, 15) is 9.90 Å². The van der Waals surface area contributed by atoms with E-state index in [2.05, 4.69) is 0 Å². The van der Waals surface area contributed by atoms with Crippen molar-refractivity contribution >= 4 is 11.6 Å². The summed E-state index contributed by atoms with van der Waals surface area (Å²) in [6.07, 6.45) is 1.90. The molecule has 0 aliphatic heterocycles. The molecule has 4 nitrogen and oxygen atoms in total. The van der Waals surface area contributed by atoms with Gasteiger partial charge in [0, 0.05) is 31.0 Å². The molecule has 0 saturated heterocycles. The fraction of sp³-hybridized carbons (Fsp3) is 0.267. The maximum atomic E-state index is 12.5. The van der Waals surface area contributed by atoms with Crippen molar-refractivity contribution in [2.75, 3.05) is 11.9 Å². The molecule has 1 amide bonds. The molecule has 0 aliphatic rings. The third-order valence-corrected chi connectivity index (χ3v) is 3.08. The number of anilines is 1. The van der Waals surface area contributed by atoms with Crippen molar-refractivity contribution in [3.63, 3.8) is 0 Å². The second kappa shape index (κ2) is 5.18. The van der Waals surface area contributed by atoms with Crippen molar-refractivity contribution in [3.8, 4) is 5.75 Å². The summed E-state index contributed by atoms with van der Waals surface area (Å²) in [5.41, 5.74) is 1.31. The average Bonchev–Trinajstić information content (AvgIpc) is 2.86. The number of carbonyl (C=O) groups is 1. The third kappa shape index (κ3) is 2.62. The molecule has 1 heterocycles. The van der Waals surface area contributed by atoms with Crippen molar-refractivity contribution in [1.82, 2.24) is 4.57 Å². The Balaban J connectivity index is 2.31. The van der Waals surface area contributed by atoms with E-state index in [1.165, 1.54) is 4.90 Å². The van der Waals surface area contributed by atoms with E-state index in [1.807, 2.05) is 36.7 Å². The van der Waals surface area contributed by atoms with Crippen molar-refractivity contribution in [1.29, 1.82) is 0 Å². The van der Waals surface area contributed by atoms with Crippen LogP contribution in [-0.2, 0) is 0 Å². The zero-order chi connectivity index (χ0) is 14.0. The van der Waals surface area contributed by atoms with Crippen molar-refractivity contribution < 1.29 is 9.90 Å². The molecule has 2 aromatic rings. The number of benzene rings is 1. The largest absolute Gasteiger partial charge is 0.508 e. The summed E-state index contributed by atoms with van der Waals surface area (Å²) in [4.78, 5) is 14.0. The number of nitrogens with zero attached hydrogens (tertiary/aromatic N) is 2. The Labute approximate surface area is 112 Å². The van der Waals surface area contributed by atoms with Crippen molar-refractivity contribution in [2.24, 2.45) is 0 Å². The van der Waals surface area contributed by atoms with Gasteiger partial charge in [-0.3, -0.25) is 4.79 Å². The molecule has 4 heteroatoms. The topological polar surface area (TPSA) is 45.5 Å². The van der Waals surface area contributed by atoms with E-state index < -0.39 is 0 Å². The molecule has 0 unspecified atom stereocenters. The highest BCUT2D eigenvalue weighted by Gasteiger charge is 2.18. The van der Waals surface area contributed by atoms with E-state index >= 15 is 0 Å². The molecule has 2 rings (SSSR count). The quantitative estimate of drug-likeness (QED) is 0.919. The van der Waals surface area contributed by atoms with Gasteiger partial charge in [-0.05, 0) is 38.1 Å².